The highest BCUT2D eigenvalue weighted by Crippen LogP contribution is 2.34. The van der Waals surface area contributed by atoms with Crippen LogP contribution in [0.1, 0.15) is 36.9 Å². The van der Waals surface area contributed by atoms with Crippen molar-refractivity contribution in [1.82, 2.24) is 5.01 Å². The third kappa shape index (κ3) is 4.33. The maximum atomic E-state index is 14.3. The lowest BCUT2D eigenvalue weighted by Crippen LogP contribution is -2.26. The number of hydrazone groups is 1. The van der Waals surface area contributed by atoms with E-state index in [2.05, 4.69) is 9.82 Å². The molecule has 6 nitrogen and oxygen atoms in total. The number of halogens is 1. The average Bonchev–Trinajstić information content (AvgIpc) is 3.05. The van der Waals surface area contributed by atoms with Gasteiger partial charge in [0.25, 0.3) is 0 Å². The fraction of sp³-hybridized carbons (Fsp3) is 0.263. The Labute approximate surface area is 157 Å². The lowest BCUT2D eigenvalue weighted by molar-refractivity contribution is -0.132. The number of sulfonamides is 1. The number of nitrogens with zero attached hydrogens (tertiary/aromatic N) is 2. The third-order valence-corrected chi connectivity index (χ3v) is 4.84. The molecule has 1 heterocycles. The normalized spacial score (nSPS) is 16.9. The lowest BCUT2D eigenvalue weighted by Gasteiger charge is -2.21. The van der Waals surface area contributed by atoms with Crippen molar-refractivity contribution in [3.63, 3.8) is 0 Å². The molecule has 0 unspecified atom stereocenters. The van der Waals surface area contributed by atoms with Gasteiger partial charge in [0.15, 0.2) is 0 Å². The Kier molecular flexibility index (Phi) is 5.27. The number of amides is 1. The number of rotatable bonds is 5. The van der Waals surface area contributed by atoms with Crippen LogP contribution in [-0.4, -0.2) is 31.3 Å². The first-order chi connectivity index (χ1) is 12.8. The Morgan fingerprint density at radius 3 is 2.67 bits per heavy atom. The van der Waals surface area contributed by atoms with Crippen molar-refractivity contribution in [3.05, 3.63) is 65.5 Å². The number of carbonyl (C=O) groups excluding carboxylic acids is 1. The Bertz CT molecular complexity index is 1000. The molecule has 0 spiro atoms. The first kappa shape index (κ1) is 19.0. The Balaban J connectivity index is 1.96. The van der Waals surface area contributed by atoms with Crippen LogP contribution in [0.3, 0.4) is 0 Å². The van der Waals surface area contributed by atoms with Gasteiger partial charge in [-0.25, -0.2) is 17.8 Å². The van der Waals surface area contributed by atoms with E-state index < -0.39 is 16.1 Å². The number of anilines is 1. The van der Waals surface area contributed by atoms with Gasteiger partial charge in [-0.15, -0.1) is 0 Å². The van der Waals surface area contributed by atoms with Crippen LogP contribution in [0, 0.1) is 5.82 Å². The molecule has 0 radical (unpaired) electrons. The molecule has 142 valence electrons. The summed E-state index contributed by atoms with van der Waals surface area (Å²) >= 11 is 0. The van der Waals surface area contributed by atoms with E-state index in [0.717, 1.165) is 6.26 Å². The lowest BCUT2D eigenvalue weighted by atomic mass is 9.97. The topological polar surface area (TPSA) is 78.8 Å². The molecule has 1 amide bonds. The van der Waals surface area contributed by atoms with E-state index in [1.165, 1.54) is 11.1 Å². The van der Waals surface area contributed by atoms with Crippen LogP contribution in [-0.2, 0) is 14.8 Å². The van der Waals surface area contributed by atoms with Crippen molar-refractivity contribution in [3.8, 4) is 0 Å². The molecule has 0 saturated carbocycles. The summed E-state index contributed by atoms with van der Waals surface area (Å²) in [5.74, 6) is -0.594. The summed E-state index contributed by atoms with van der Waals surface area (Å²) in [5, 5.41) is 5.75. The number of hydrogen-bond donors (Lipinski definition) is 1. The van der Waals surface area contributed by atoms with E-state index >= 15 is 0 Å². The molecule has 8 heteroatoms. The molecule has 0 aliphatic carbocycles. The molecular formula is C19H20FN3O3S. The van der Waals surface area contributed by atoms with Crippen LogP contribution in [0.5, 0.6) is 0 Å². The van der Waals surface area contributed by atoms with E-state index in [9.17, 15) is 17.6 Å². The quantitative estimate of drug-likeness (QED) is 0.852. The number of nitrogens with one attached hydrogen (secondary N) is 1. The zero-order valence-electron chi connectivity index (χ0n) is 15.0. The molecule has 0 fully saturated rings. The highest BCUT2D eigenvalue weighted by atomic mass is 32.2. The van der Waals surface area contributed by atoms with E-state index in [1.54, 1.807) is 49.4 Å². The minimum atomic E-state index is -3.41. The van der Waals surface area contributed by atoms with Gasteiger partial charge in [0.05, 0.1) is 18.0 Å². The maximum absolute atomic E-state index is 14.3. The zero-order valence-corrected chi connectivity index (χ0v) is 15.8. The molecule has 0 aromatic heterocycles. The van der Waals surface area contributed by atoms with E-state index in [1.807, 2.05) is 0 Å². The fourth-order valence-electron chi connectivity index (χ4n) is 3.04. The minimum absolute atomic E-state index is 0.205. The third-order valence-electron chi connectivity index (χ3n) is 4.23. The summed E-state index contributed by atoms with van der Waals surface area (Å²) in [5.41, 5.74) is 2.09. The number of carbonyl (C=O) groups is 1. The standard InChI is InChI=1S/C19H20FN3O3S/c1-3-19(24)23-18(15-9-4-5-10-16(15)20)12-17(21-23)13-7-6-8-14(11-13)22-27(2,25)26/h4-11,18,22H,3,12H2,1-2H3/t18-/m0/s1. The number of hydrogen-bond acceptors (Lipinski definition) is 4. The van der Waals surface area contributed by atoms with Gasteiger partial charge in [0.2, 0.25) is 15.9 Å². The summed E-state index contributed by atoms with van der Waals surface area (Å²) in [7, 11) is -3.41. The molecule has 27 heavy (non-hydrogen) atoms. The van der Waals surface area contributed by atoms with Crippen molar-refractivity contribution in [2.24, 2.45) is 5.10 Å². The Hall–Kier alpha value is -2.74. The molecular weight excluding hydrogens is 369 g/mol. The molecule has 2 aromatic carbocycles. The summed E-state index contributed by atoms with van der Waals surface area (Å²) in [6.07, 6.45) is 1.66. The molecule has 0 saturated heterocycles. The molecule has 1 atom stereocenters. The molecule has 0 bridgehead atoms. The zero-order chi connectivity index (χ0) is 19.6. The van der Waals surface area contributed by atoms with Gasteiger partial charge in [-0.2, -0.15) is 5.10 Å². The average molecular weight is 389 g/mol. The minimum Gasteiger partial charge on any atom is -0.284 e. The number of benzene rings is 2. The van der Waals surface area contributed by atoms with Gasteiger partial charge < -0.3 is 0 Å². The molecule has 2 aromatic rings. The largest absolute Gasteiger partial charge is 0.284 e. The molecule has 1 aliphatic heterocycles. The van der Waals surface area contributed by atoms with Crippen molar-refractivity contribution < 1.29 is 17.6 Å². The second-order valence-corrected chi connectivity index (χ2v) is 8.08. The molecule has 1 aliphatic rings. The van der Waals surface area contributed by atoms with Crippen molar-refractivity contribution in [2.45, 2.75) is 25.8 Å². The van der Waals surface area contributed by atoms with E-state index in [4.69, 9.17) is 0 Å². The SMILES string of the molecule is CCC(=O)N1N=C(c2cccc(NS(C)(=O)=O)c2)C[C@H]1c1ccccc1F. The monoisotopic (exact) mass is 389 g/mol. The summed E-state index contributed by atoms with van der Waals surface area (Å²) < 4.78 is 39.6. The highest BCUT2D eigenvalue weighted by molar-refractivity contribution is 7.92. The highest BCUT2D eigenvalue weighted by Gasteiger charge is 2.33. The van der Waals surface area contributed by atoms with Gasteiger partial charge in [0.1, 0.15) is 5.82 Å². The van der Waals surface area contributed by atoms with Crippen LogP contribution < -0.4 is 4.72 Å². The first-order valence-corrected chi connectivity index (χ1v) is 10.4. The smallest absolute Gasteiger partial charge is 0.242 e. The predicted octanol–water partition coefficient (Wildman–Crippen LogP) is 3.28. The predicted molar refractivity (Wildman–Crippen MR) is 102 cm³/mol. The van der Waals surface area contributed by atoms with Crippen LogP contribution in [0.2, 0.25) is 0 Å². The molecule has 3 rings (SSSR count). The van der Waals surface area contributed by atoms with E-state index in [0.29, 0.717) is 28.9 Å². The van der Waals surface area contributed by atoms with Crippen molar-refractivity contribution in [1.29, 1.82) is 0 Å². The van der Waals surface area contributed by atoms with Crippen molar-refractivity contribution in [2.75, 3.05) is 11.0 Å². The van der Waals surface area contributed by atoms with Crippen LogP contribution in [0.25, 0.3) is 0 Å². The van der Waals surface area contributed by atoms with E-state index in [-0.39, 0.29) is 18.1 Å². The fourth-order valence-corrected chi connectivity index (χ4v) is 3.60. The van der Waals surface area contributed by atoms with Gasteiger partial charge in [-0.05, 0) is 23.8 Å². The summed E-state index contributed by atoms with van der Waals surface area (Å²) in [4.78, 5) is 12.3. The Morgan fingerprint density at radius 2 is 2.00 bits per heavy atom. The van der Waals surface area contributed by atoms with Gasteiger partial charge >= 0.3 is 0 Å². The second-order valence-electron chi connectivity index (χ2n) is 6.34. The van der Waals surface area contributed by atoms with Gasteiger partial charge in [-0.3, -0.25) is 9.52 Å². The first-order valence-electron chi connectivity index (χ1n) is 8.50. The van der Waals surface area contributed by atoms with Crippen molar-refractivity contribution >= 4 is 27.3 Å². The summed E-state index contributed by atoms with van der Waals surface area (Å²) in [6, 6.07) is 12.6. The van der Waals surface area contributed by atoms with Gasteiger partial charge in [-0.1, -0.05) is 37.3 Å². The van der Waals surface area contributed by atoms with Crippen LogP contribution >= 0.6 is 0 Å². The van der Waals surface area contributed by atoms with Gasteiger partial charge in [0, 0.05) is 24.1 Å². The second kappa shape index (κ2) is 7.48. The van der Waals surface area contributed by atoms with Crippen LogP contribution in [0.15, 0.2) is 53.6 Å². The molecule has 1 N–H and O–H groups in total. The Morgan fingerprint density at radius 1 is 1.26 bits per heavy atom. The summed E-state index contributed by atoms with van der Waals surface area (Å²) in [6.45, 7) is 1.73. The van der Waals surface area contributed by atoms with Crippen LogP contribution in [0.4, 0.5) is 10.1 Å². The maximum Gasteiger partial charge on any atom is 0.242 e.